The molecule has 2 aromatic heterocycles. The molecule has 0 aliphatic heterocycles. The van der Waals surface area contributed by atoms with Gasteiger partial charge in [-0.15, -0.1) is 11.3 Å². The average molecular weight is 347 g/mol. The van der Waals surface area contributed by atoms with Gasteiger partial charge < -0.3 is 5.32 Å². The molecule has 2 nitrogen and oxygen atoms in total. The molecule has 0 aliphatic carbocycles. The summed E-state index contributed by atoms with van der Waals surface area (Å²) in [7, 11) is 0. The van der Waals surface area contributed by atoms with Crippen molar-refractivity contribution in [2.45, 2.75) is 13.0 Å². The van der Waals surface area contributed by atoms with Crippen molar-refractivity contribution >= 4 is 37.4 Å². The second-order valence-electron chi connectivity index (χ2n) is 4.55. The number of thiophene rings is 1. The van der Waals surface area contributed by atoms with E-state index in [1.54, 1.807) is 11.3 Å². The molecule has 3 aromatic rings. The maximum Gasteiger partial charge on any atom is 0.0776 e. The Morgan fingerprint density at radius 2 is 2.15 bits per heavy atom. The minimum absolute atomic E-state index is 0.109. The van der Waals surface area contributed by atoms with E-state index < -0.39 is 0 Å². The number of hydrogen-bond donors (Lipinski definition) is 1. The van der Waals surface area contributed by atoms with Crippen molar-refractivity contribution in [1.82, 2.24) is 10.3 Å². The molecule has 0 saturated carbocycles. The fourth-order valence-electron chi connectivity index (χ4n) is 2.41. The summed E-state index contributed by atoms with van der Waals surface area (Å²) in [6.07, 6.45) is 1.85. The van der Waals surface area contributed by atoms with Gasteiger partial charge in [0.05, 0.1) is 11.7 Å². The number of fused-ring (bicyclic) bond motifs is 1. The predicted octanol–water partition coefficient (Wildman–Crippen LogP) is 4.76. The van der Waals surface area contributed by atoms with Gasteiger partial charge in [-0.05, 0) is 57.0 Å². The molecule has 0 aliphatic rings. The highest BCUT2D eigenvalue weighted by molar-refractivity contribution is 9.10. The van der Waals surface area contributed by atoms with Crippen LogP contribution in [0.15, 0.2) is 52.4 Å². The van der Waals surface area contributed by atoms with Crippen LogP contribution in [0.25, 0.3) is 10.1 Å². The SMILES string of the molecule is CCNC(c1ncccc1Br)c1cccc2ccsc12. The summed E-state index contributed by atoms with van der Waals surface area (Å²) in [6, 6.07) is 12.7. The molecule has 0 amide bonds. The molecule has 4 heteroatoms. The Bertz CT molecular complexity index is 723. The van der Waals surface area contributed by atoms with Gasteiger partial charge in [-0.3, -0.25) is 4.98 Å². The van der Waals surface area contributed by atoms with E-state index in [0.717, 1.165) is 16.7 Å². The molecule has 0 bridgehead atoms. The Balaban J connectivity index is 2.16. The highest BCUT2D eigenvalue weighted by Gasteiger charge is 2.19. The van der Waals surface area contributed by atoms with E-state index in [-0.39, 0.29) is 6.04 Å². The summed E-state index contributed by atoms with van der Waals surface area (Å²) in [6.45, 7) is 3.02. The van der Waals surface area contributed by atoms with Crippen LogP contribution in [0.3, 0.4) is 0 Å². The number of benzene rings is 1. The predicted molar refractivity (Wildman–Crippen MR) is 89.3 cm³/mol. The zero-order valence-corrected chi connectivity index (χ0v) is 13.5. The average Bonchev–Trinajstić information content (AvgIpc) is 2.94. The van der Waals surface area contributed by atoms with Gasteiger partial charge in [-0.2, -0.15) is 0 Å². The van der Waals surface area contributed by atoms with Gasteiger partial charge in [0, 0.05) is 15.4 Å². The lowest BCUT2D eigenvalue weighted by atomic mass is 10.0. The largest absolute Gasteiger partial charge is 0.305 e. The van der Waals surface area contributed by atoms with E-state index in [4.69, 9.17) is 0 Å². The zero-order chi connectivity index (χ0) is 13.9. The van der Waals surface area contributed by atoms with Gasteiger partial charge in [0.25, 0.3) is 0 Å². The first kappa shape index (κ1) is 13.7. The normalized spacial score (nSPS) is 12.7. The zero-order valence-electron chi connectivity index (χ0n) is 11.1. The van der Waals surface area contributed by atoms with Gasteiger partial charge in [0.15, 0.2) is 0 Å². The van der Waals surface area contributed by atoms with E-state index in [1.165, 1.54) is 15.6 Å². The molecule has 0 saturated heterocycles. The summed E-state index contributed by atoms with van der Waals surface area (Å²) in [5, 5.41) is 6.99. The monoisotopic (exact) mass is 346 g/mol. The third kappa shape index (κ3) is 2.51. The van der Waals surface area contributed by atoms with Crippen LogP contribution < -0.4 is 5.32 Å². The first-order valence-electron chi connectivity index (χ1n) is 6.61. The van der Waals surface area contributed by atoms with Crippen LogP contribution in [0.2, 0.25) is 0 Å². The third-order valence-corrected chi connectivity index (χ3v) is 4.94. The maximum absolute atomic E-state index is 4.56. The molecule has 1 atom stereocenters. The first-order chi connectivity index (χ1) is 9.81. The third-order valence-electron chi connectivity index (χ3n) is 3.29. The number of nitrogens with one attached hydrogen (secondary N) is 1. The van der Waals surface area contributed by atoms with Crippen molar-refractivity contribution in [3.05, 3.63) is 63.7 Å². The molecular formula is C16H15BrN2S. The molecule has 0 radical (unpaired) electrons. The Morgan fingerprint density at radius 1 is 1.25 bits per heavy atom. The Labute approximate surface area is 131 Å². The topological polar surface area (TPSA) is 24.9 Å². The number of hydrogen-bond acceptors (Lipinski definition) is 3. The number of halogens is 1. The molecule has 3 rings (SSSR count). The van der Waals surface area contributed by atoms with E-state index >= 15 is 0 Å². The smallest absolute Gasteiger partial charge is 0.0776 e. The van der Waals surface area contributed by atoms with Crippen LogP contribution >= 0.6 is 27.3 Å². The molecule has 2 heterocycles. The first-order valence-corrected chi connectivity index (χ1v) is 8.28. The minimum atomic E-state index is 0.109. The van der Waals surface area contributed by atoms with Crippen molar-refractivity contribution in [3.8, 4) is 0 Å². The lowest BCUT2D eigenvalue weighted by Crippen LogP contribution is -2.23. The van der Waals surface area contributed by atoms with E-state index in [9.17, 15) is 0 Å². The van der Waals surface area contributed by atoms with Crippen molar-refractivity contribution < 1.29 is 0 Å². The van der Waals surface area contributed by atoms with E-state index in [0.29, 0.717) is 0 Å². The molecule has 1 unspecified atom stereocenters. The van der Waals surface area contributed by atoms with Crippen LogP contribution in [0.1, 0.15) is 24.2 Å². The number of aromatic nitrogens is 1. The second kappa shape index (κ2) is 6.04. The fourth-order valence-corrected chi connectivity index (χ4v) is 3.84. The van der Waals surface area contributed by atoms with Gasteiger partial charge in [-0.1, -0.05) is 25.1 Å². The number of pyridine rings is 1. The summed E-state index contributed by atoms with van der Waals surface area (Å²) < 4.78 is 2.37. The Morgan fingerprint density at radius 3 is 2.95 bits per heavy atom. The van der Waals surface area contributed by atoms with E-state index in [2.05, 4.69) is 62.8 Å². The minimum Gasteiger partial charge on any atom is -0.305 e. The molecular weight excluding hydrogens is 332 g/mol. The molecule has 20 heavy (non-hydrogen) atoms. The van der Waals surface area contributed by atoms with Crippen LogP contribution in [-0.2, 0) is 0 Å². The molecule has 1 aromatic carbocycles. The van der Waals surface area contributed by atoms with Gasteiger partial charge >= 0.3 is 0 Å². The van der Waals surface area contributed by atoms with Crippen LogP contribution in [0, 0.1) is 0 Å². The number of rotatable bonds is 4. The van der Waals surface area contributed by atoms with Crippen LogP contribution in [-0.4, -0.2) is 11.5 Å². The number of nitrogens with zero attached hydrogens (tertiary/aromatic N) is 1. The van der Waals surface area contributed by atoms with Crippen molar-refractivity contribution in [3.63, 3.8) is 0 Å². The van der Waals surface area contributed by atoms with Crippen molar-refractivity contribution in [2.75, 3.05) is 6.54 Å². The van der Waals surface area contributed by atoms with Crippen molar-refractivity contribution in [2.24, 2.45) is 0 Å². The highest BCUT2D eigenvalue weighted by atomic mass is 79.9. The molecule has 0 spiro atoms. The fraction of sp³-hybridized carbons (Fsp3) is 0.188. The Hall–Kier alpha value is -1.23. The standard InChI is InChI=1S/C16H15BrN2S/c1-2-18-14(15-13(17)7-4-9-19-15)12-6-3-5-11-8-10-20-16(11)12/h3-10,14,18H,2H2,1H3. The summed E-state index contributed by atoms with van der Waals surface area (Å²) >= 11 is 5.41. The van der Waals surface area contributed by atoms with Gasteiger partial charge in [0.2, 0.25) is 0 Å². The van der Waals surface area contributed by atoms with E-state index in [1.807, 2.05) is 18.3 Å². The van der Waals surface area contributed by atoms with Crippen molar-refractivity contribution in [1.29, 1.82) is 0 Å². The quantitative estimate of drug-likeness (QED) is 0.736. The van der Waals surface area contributed by atoms with Crippen LogP contribution in [0.5, 0.6) is 0 Å². The Kier molecular flexibility index (Phi) is 4.15. The lowest BCUT2D eigenvalue weighted by Gasteiger charge is -2.19. The highest BCUT2D eigenvalue weighted by Crippen LogP contribution is 2.33. The van der Waals surface area contributed by atoms with Crippen LogP contribution in [0.4, 0.5) is 0 Å². The maximum atomic E-state index is 4.56. The summed E-state index contributed by atoms with van der Waals surface area (Å²) in [5.74, 6) is 0. The summed E-state index contributed by atoms with van der Waals surface area (Å²) in [5.41, 5.74) is 2.33. The lowest BCUT2D eigenvalue weighted by molar-refractivity contribution is 0.617. The van der Waals surface area contributed by atoms with Gasteiger partial charge in [0.1, 0.15) is 0 Å². The molecule has 1 N–H and O–H groups in total. The summed E-state index contributed by atoms with van der Waals surface area (Å²) in [4.78, 5) is 4.56. The molecule has 0 fully saturated rings. The second-order valence-corrected chi connectivity index (χ2v) is 6.32. The molecule has 102 valence electrons. The van der Waals surface area contributed by atoms with Gasteiger partial charge in [-0.25, -0.2) is 0 Å².